The Kier molecular flexibility index (Phi) is 6.44. The minimum absolute atomic E-state index is 0.365. The molecule has 0 saturated heterocycles. The molecule has 2 rings (SSSR count). The monoisotopic (exact) mass is 331 g/mol. The topological polar surface area (TPSA) is 49.7 Å². The van der Waals surface area contributed by atoms with Crippen molar-refractivity contribution in [3.8, 4) is 5.75 Å². The number of carbonyl (C=O) groups is 1. The highest BCUT2D eigenvalue weighted by atomic mass is 16.6. The van der Waals surface area contributed by atoms with Crippen LogP contribution in [0.2, 0.25) is 0 Å². The van der Waals surface area contributed by atoms with Gasteiger partial charge in [0.15, 0.2) is 6.10 Å². The van der Waals surface area contributed by atoms with E-state index in [1.54, 1.807) is 0 Å². The second-order valence-corrected chi connectivity index (χ2v) is 5.71. The van der Waals surface area contributed by atoms with Gasteiger partial charge in [-0.2, -0.15) is 0 Å². The zero-order valence-corrected chi connectivity index (χ0v) is 14.7. The van der Waals surface area contributed by atoms with Gasteiger partial charge in [-0.1, -0.05) is 12.1 Å². The van der Waals surface area contributed by atoms with E-state index >= 15 is 0 Å². The van der Waals surface area contributed by atoms with E-state index < -0.39 is 6.10 Å². The van der Waals surface area contributed by atoms with Gasteiger partial charge in [-0.3, -0.25) is 0 Å². The fraction of sp³-hybridized carbons (Fsp3) is 0.421. The SMILES string of the molecule is COC(=O)C(Cc1ccc(OCCn2c(C)ccc2C)cc1)OC. The number of hydrogen-bond acceptors (Lipinski definition) is 4. The van der Waals surface area contributed by atoms with Crippen LogP contribution in [0.5, 0.6) is 5.75 Å². The first-order chi connectivity index (χ1) is 11.5. The third kappa shape index (κ3) is 4.61. The molecule has 5 heteroatoms. The lowest BCUT2D eigenvalue weighted by atomic mass is 10.1. The molecule has 0 bridgehead atoms. The molecule has 0 aliphatic rings. The Morgan fingerprint density at radius 3 is 2.21 bits per heavy atom. The van der Waals surface area contributed by atoms with Crippen LogP contribution in [0.4, 0.5) is 0 Å². The Balaban J connectivity index is 1.87. The standard InChI is InChI=1S/C19H25NO4/c1-14-5-6-15(2)20(14)11-12-24-17-9-7-16(8-10-17)13-18(22-3)19(21)23-4/h5-10,18H,11-13H2,1-4H3. The molecule has 5 nitrogen and oxygen atoms in total. The molecule has 0 aliphatic heterocycles. The first-order valence-corrected chi connectivity index (χ1v) is 8.00. The molecule has 0 N–H and O–H groups in total. The first kappa shape index (κ1) is 18.1. The molecular weight excluding hydrogens is 306 g/mol. The van der Waals surface area contributed by atoms with E-state index in [-0.39, 0.29) is 5.97 Å². The summed E-state index contributed by atoms with van der Waals surface area (Å²) in [7, 11) is 2.86. The summed E-state index contributed by atoms with van der Waals surface area (Å²) in [4.78, 5) is 11.5. The maximum atomic E-state index is 11.5. The van der Waals surface area contributed by atoms with Gasteiger partial charge in [0.2, 0.25) is 0 Å². The molecular formula is C19H25NO4. The zero-order valence-electron chi connectivity index (χ0n) is 14.7. The molecule has 0 saturated carbocycles. The van der Waals surface area contributed by atoms with Gasteiger partial charge in [-0.05, 0) is 43.7 Å². The third-order valence-corrected chi connectivity index (χ3v) is 4.09. The van der Waals surface area contributed by atoms with Gasteiger partial charge in [-0.15, -0.1) is 0 Å². The lowest BCUT2D eigenvalue weighted by Crippen LogP contribution is -2.26. The van der Waals surface area contributed by atoms with Crippen LogP contribution in [0, 0.1) is 13.8 Å². The van der Waals surface area contributed by atoms with Crippen molar-refractivity contribution in [2.75, 3.05) is 20.8 Å². The first-order valence-electron chi connectivity index (χ1n) is 8.00. The van der Waals surface area contributed by atoms with Gasteiger partial charge >= 0.3 is 5.97 Å². The van der Waals surface area contributed by atoms with Gasteiger partial charge in [0.05, 0.1) is 13.7 Å². The number of hydrogen-bond donors (Lipinski definition) is 0. The van der Waals surface area contributed by atoms with Crippen LogP contribution in [-0.4, -0.2) is 37.5 Å². The van der Waals surface area contributed by atoms with Gasteiger partial charge in [0.25, 0.3) is 0 Å². The van der Waals surface area contributed by atoms with Crippen molar-refractivity contribution in [2.45, 2.75) is 32.9 Å². The molecule has 0 amide bonds. The molecule has 0 radical (unpaired) electrons. The van der Waals surface area contributed by atoms with Crippen LogP contribution >= 0.6 is 0 Å². The molecule has 1 unspecified atom stereocenters. The highest BCUT2D eigenvalue weighted by Crippen LogP contribution is 2.15. The summed E-state index contributed by atoms with van der Waals surface area (Å²) in [6.45, 7) is 5.61. The molecule has 0 spiro atoms. The zero-order chi connectivity index (χ0) is 17.5. The summed E-state index contributed by atoms with van der Waals surface area (Å²) in [5.74, 6) is 0.448. The molecule has 1 heterocycles. The van der Waals surface area contributed by atoms with Crippen LogP contribution < -0.4 is 4.74 Å². The van der Waals surface area contributed by atoms with E-state index in [0.717, 1.165) is 17.9 Å². The predicted octanol–water partition coefficient (Wildman–Crippen LogP) is 2.91. The average molecular weight is 331 g/mol. The van der Waals surface area contributed by atoms with Crippen molar-refractivity contribution >= 4 is 5.97 Å². The minimum Gasteiger partial charge on any atom is -0.492 e. The quantitative estimate of drug-likeness (QED) is 0.698. The number of ether oxygens (including phenoxy) is 3. The Bertz CT molecular complexity index is 641. The Morgan fingerprint density at radius 1 is 1.04 bits per heavy atom. The van der Waals surface area contributed by atoms with Crippen molar-refractivity contribution in [1.82, 2.24) is 4.57 Å². The van der Waals surface area contributed by atoms with Crippen molar-refractivity contribution in [3.63, 3.8) is 0 Å². The molecule has 130 valence electrons. The fourth-order valence-electron chi connectivity index (χ4n) is 2.64. The summed E-state index contributed by atoms with van der Waals surface area (Å²) in [6, 6.07) is 11.9. The van der Waals surface area contributed by atoms with E-state index in [4.69, 9.17) is 14.2 Å². The van der Waals surface area contributed by atoms with Crippen LogP contribution in [0.25, 0.3) is 0 Å². The highest BCUT2D eigenvalue weighted by Gasteiger charge is 2.18. The summed E-state index contributed by atoms with van der Waals surface area (Å²) >= 11 is 0. The number of carbonyl (C=O) groups excluding carboxylic acids is 1. The molecule has 1 aromatic carbocycles. The van der Waals surface area contributed by atoms with E-state index in [9.17, 15) is 4.79 Å². The molecule has 0 aliphatic carbocycles. The van der Waals surface area contributed by atoms with Crippen LogP contribution in [0.3, 0.4) is 0 Å². The molecule has 24 heavy (non-hydrogen) atoms. The van der Waals surface area contributed by atoms with Crippen molar-refractivity contribution in [2.24, 2.45) is 0 Å². The molecule has 1 aromatic heterocycles. The van der Waals surface area contributed by atoms with E-state index in [2.05, 4.69) is 30.5 Å². The van der Waals surface area contributed by atoms with E-state index in [1.165, 1.54) is 25.6 Å². The number of nitrogens with zero attached hydrogens (tertiary/aromatic N) is 1. The third-order valence-electron chi connectivity index (χ3n) is 4.09. The largest absolute Gasteiger partial charge is 0.492 e. The van der Waals surface area contributed by atoms with Gasteiger partial charge < -0.3 is 18.8 Å². The van der Waals surface area contributed by atoms with Crippen molar-refractivity contribution < 1.29 is 19.0 Å². The summed E-state index contributed by atoms with van der Waals surface area (Å²) < 4.78 is 17.9. The highest BCUT2D eigenvalue weighted by molar-refractivity contribution is 5.74. The maximum absolute atomic E-state index is 11.5. The predicted molar refractivity (Wildman–Crippen MR) is 92.4 cm³/mol. The Morgan fingerprint density at radius 2 is 1.67 bits per heavy atom. The average Bonchev–Trinajstić information content (AvgIpc) is 2.92. The Labute approximate surface area is 143 Å². The lowest BCUT2D eigenvalue weighted by Gasteiger charge is -2.14. The van der Waals surface area contributed by atoms with Crippen molar-refractivity contribution in [3.05, 3.63) is 53.3 Å². The fourth-order valence-corrected chi connectivity index (χ4v) is 2.64. The summed E-state index contributed by atoms with van der Waals surface area (Å²) in [6.07, 6.45) is -0.105. The number of methoxy groups -OCH3 is 2. The van der Waals surface area contributed by atoms with Crippen LogP contribution in [-0.2, 0) is 27.2 Å². The van der Waals surface area contributed by atoms with Crippen LogP contribution in [0.1, 0.15) is 17.0 Å². The number of aryl methyl sites for hydroxylation is 2. The number of rotatable bonds is 8. The van der Waals surface area contributed by atoms with Gasteiger partial charge in [0.1, 0.15) is 12.4 Å². The Hall–Kier alpha value is -2.27. The maximum Gasteiger partial charge on any atom is 0.335 e. The minimum atomic E-state index is -0.582. The number of benzene rings is 1. The van der Waals surface area contributed by atoms with E-state index in [0.29, 0.717) is 13.0 Å². The second kappa shape index (κ2) is 8.55. The molecule has 1 atom stereocenters. The van der Waals surface area contributed by atoms with Gasteiger partial charge in [-0.25, -0.2) is 4.79 Å². The summed E-state index contributed by atoms with van der Waals surface area (Å²) in [5.41, 5.74) is 3.47. The number of esters is 1. The van der Waals surface area contributed by atoms with Crippen molar-refractivity contribution in [1.29, 1.82) is 0 Å². The normalized spacial score (nSPS) is 12.0. The lowest BCUT2D eigenvalue weighted by molar-refractivity contribution is -0.152. The molecule has 2 aromatic rings. The van der Waals surface area contributed by atoms with Gasteiger partial charge in [0, 0.05) is 24.9 Å². The molecule has 0 fully saturated rings. The van der Waals surface area contributed by atoms with E-state index in [1.807, 2.05) is 24.3 Å². The van der Waals surface area contributed by atoms with Crippen LogP contribution in [0.15, 0.2) is 36.4 Å². The smallest absolute Gasteiger partial charge is 0.335 e. The summed E-state index contributed by atoms with van der Waals surface area (Å²) in [5, 5.41) is 0. The number of aromatic nitrogens is 1. The second-order valence-electron chi connectivity index (χ2n) is 5.71.